The Morgan fingerprint density at radius 1 is 1.37 bits per heavy atom. The molecule has 1 aromatic heterocycles. The number of hydrogen-bond donors (Lipinski definition) is 1. The molecule has 0 saturated carbocycles. The number of aromatic nitrogens is 2. The van der Waals surface area contributed by atoms with Crippen LogP contribution in [0.1, 0.15) is 10.4 Å². The van der Waals surface area contributed by atoms with Gasteiger partial charge in [0.2, 0.25) is 6.39 Å². The fraction of sp³-hybridized carbons (Fsp3) is 0.100. The van der Waals surface area contributed by atoms with Crippen LogP contribution in [0.15, 0.2) is 35.1 Å². The predicted octanol–water partition coefficient (Wildman–Crippen LogP) is 2.22. The average molecular weight is 273 g/mol. The van der Waals surface area contributed by atoms with Gasteiger partial charge in [-0.25, -0.2) is 0 Å². The highest BCUT2D eigenvalue weighted by atomic mass is 19.4. The van der Waals surface area contributed by atoms with Gasteiger partial charge in [-0.05, 0) is 18.2 Å². The Morgan fingerprint density at radius 3 is 2.79 bits per heavy atom. The molecule has 19 heavy (non-hydrogen) atoms. The first-order valence-electron chi connectivity index (χ1n) is 4.87. The Kier molecular flexibility index (Phi) is 3.36. The first kappa shape index (κ1) is 12.9. The van der Waals surface area contributed by atoms with Crippen molar-refractivity contribution >= 4 is 11.9 Å². The monoisotopic (exact) mass is 273 g/mol. The molecule has 9 heteroatoms. The van der Waals surface area contributed by atoms with E-state index in [0.717, 1.165) is 18.5 Å². The van der Waals surface area contributed by atoms with Crippen LogP contribution in [0.5, 0.6) is 5.75 Å². The number of rotatable bonds is 3. The molecule has 0 unspecified atom stereocenters. The van der Waals surface area contributed by atoms with Gasteiger partial charge >= 0.3 is 12.4 Å². The molecular formula is C10H6F3N3O3. The third-order valence-electron chi connectivity index (χ3n) is 1.91. The van der Waals surface area contributed by atoms with E-state index >= 15 is 0 Å². The summed E-state index contributed by atoms with van der Waals surface area (Å²) in [5, 5.41) is 8.95. The van der Waals surface area contributed by atoms with Crippen LogP contribution < -0.4 is 10.1 Å². The molecule has 1 heterocycles. The Balaban J connectivity index is 2.12. The lowest BCUT2D eigenvalue weighted by Crippen LogP contribution is -2.18. The molecule has 0 bridgehead atoms. The molecule has 6 nitrogen and oxygen atoms in total. The second-order valence-corrected chi connectivity index (χ2v) is 3.27. The van der Waals surface area contributed by atoms with Crippen LogP contribution in [0.3, 0.4) is 0 Å². The van der Waals surface area contributed by atoms with Crippen LogP contribution in [-0.4, -0.2) is 22.5 Å². The fourth-order valence-corrected chi connectivity index (χ4v) is 1.23. The summed E-state index contributed by atoms with van der Waals surface area (Å²) in [5.41, 5.74) is -0.0417. The maximum Gasteiger partial charge on any atom is 0.573 e. The SMILES string of the molecule is O=C(Nc1nnco1)c1cccc(OC(F)(F)F)c1. The lowest BCUT2D eigenvalue weighted by atomic mass is 10.2. The van der Waals surface area contributed by atoms with E-state index in [2.05, 4.69) is 24.7 Å². The Labute approximate surface area is 104 Å². The summed E-state index contributed by atoms with van der Waals surface area (Å²) >= 11 is 0. The molecule has 1 aromatic carbocycles. The second kappa shape index (κ2) is 4.96. The standard InChI is InChI=1S/C10H6F3N3O3/c11-10(12,13)19-7-3-1-2-6(4-7)8(17)15-9-16-14-5-18-9/h1-5H,(H,15,16,17). The van der Waals surface area contributed by atoms with Crippen molar-refractivity contribution in [2.45, 2.75) is 6.36 Å². The van der Waals surface area contributed by atoms with Crippen molar-refractivity contribution in [3.05, 3.63) is 36.2 Å². The molecule has 0 fully saturated rings. The normalized spacial score (nSPS) is 11.1. The lowest BCUT2D eigenvalue weighted by molar-refractivity contribution is -0.274. The van der Waals surface area contributed by atoms with Gasteiger partial charge in [-0.3, -0.25) is 10.1 Å². The largest absolute Gasteiger partial charge is 0.573 e. The van der Waals surface area contributed by atoms with Crippen LogP contribution >= 0.6 is 0 Å². The number of anilines is 1. The number of nitrogens with one attached hydrogen (secondary N) is 1. The minimum absolute atomic E-state index is 0.0417. The number of halogens is 3. The van der Waals surface area contributed by atoms with Gasteiger partial charge in [0.05, 0.1) is 0 Å². The molecule has 0 spiro atoms. The van der Waals surface area contributed by atoms with Crippen molar-refractivity contribution in [3.63, 3.8) is 0 Å². The zero-order chi connectivity index (χ0) is 13.9. The molecule has 0 saturated heterocycles. The quantitative estimate of drug-likeness (QED) is 0.927. The molecule has 100 valence electrons. The topological polar surface area (TPSA) is 77.3 Å². The van der Waals surface area contributed by atoms with Gasteiger partial charge in [-0.1, -0.05) is 11.2 Å². The van der Waals surface area contributed by atoms with Crippen LogP contribution in [0, 0.1) is 0 Å². The molecule has 2 aromatic rings. The molecule has 1 amide bonds. The number of nitrogens with zero attached hydrogens (tertiary/aromatic N) is 2. The number of carbonyl (C=O) groups excluding carboxylic acids is 1. The first-order valence-corrected chi connectivity index (χ1v) is 4.87. The van der Waals surface area contributed by atoms with Crippen molar-refractivity contribution in [1.29, 1.82) is 0 Å². The summed E-state index contributed by atoms with van der Waals surface area (Å²) in [4.78, 5) is 11.7. The van der Waals surface area contributed by atoms with Crippen LogP contribution in [0.4, 0.5) is 19.2 Å². The average Bonchev–Trinajstić information content (AvgIpc) is 2.80. The van der Waals surface area contributed by atoms with Gasteiger partial charge in [0.25, 0.3) is 5.91 Å². The smallest absolute Gasteiger partial charge is 0.411 e. The van der Waals surface area contributed by atoms with E-state index in [9.17, 15) is 18.0 Å². The summed E-state index contributed by atoms with van der Waals surface area (Å²) in [6, 6.07) is 4.43. The van der Waals surface area contributed by atoms with Gasteiger partial charge in [-0.2, -0.15) is 0 Å². The number of amides is 1. The van der Waals surface area contributed by atoms with E-state index in [1.54, 1.807) is 0 Å². The number of ether oxygens (including phenoxy) is 1. The second-order valence-electron chi connectivity index (χ2n) is 3.27. The molecule has 1 N–H and O–H groups in total. The summed E-state index contributed by atoms with van der Waals surface area (Å²) in [5.74, 6) is -1.19. The summed E-state index contributed by atoms with van der Waals surface area (Å²) in [6.07, 6.45) is -3.82. The molecule has 0 radical (unpaired) electrons. The molecule has 0 aliphatic rings. The van der Waals surface area contributed by atoms with E-state index in [-0.39, 0.29) is 11.6 Å². The van der Waals surface area contributed by atoms with Gasteiger partial charge in [-0.15, -0.1) is 18.3 Å². The molecular weight excluding hydrogens is 267 g/mol. The molecule has 0 aliphatic heterocycles. The maximum absolute atomic E-state index is 12.0. The van der Waals surface area contributed by atoms with E-state index in [1.165, 1.54) is 12.1 Å². The highest BCUT2D eigenvalue weighted by Gasteiger charge is 2.31. The van der Waals surface area contributed by atoms with E-state index < -0.39 is 18.0 Å². The molecule has 2 rings (SSSR count). The third-order valence-corrected chi connectivity index (χ3v) is 1.91. The van der Waals surface area contributed by atoms with Gasteiger partial charge in [0, 0.05) is 5.56 Å². The highest BCUT2D eigenvalue weighted by molar-refractivity contribution is 6.03. The fourth-order valence-electron chi connectivity index (χ4n) is 1.23. The summed E-state index contributed by atoms with van der Waals surface area (Å²) in [7, 11) is 0. The minimum Gasteiger partial charge on any atom is -0.411 e. The Hall–Kier alpha value is -2.58. The Morgan fingerprint density at radius 2 is 2.16 bits per heavy atom. The van der Waals surface area contributed by atoms with E-state index in [1.807, 2.05) is 0 Å². The zero-order valence-electron chi connectivity index (χ0n) is 9.14. The van der Waals surface area contributed by atoms with Gasteiger partial charge in [0.15, 0.2) is 0 Å². The number of alkyl halides is 3. The summed E-state index contributed by atoms with van der Waals surface area (Å²) in [6.45, 7) is 0. The molecule has 0 aliphatic carbocycles. The van der Waals surface area contributed by atoms with Crippen molar-refractivity contribution < 1.29 is 27.1 Å². The summed E-state index contributed by atoms with van der Waals surface area (Å²) < 4.78 is 44.4. The zero-order valence-corrected chi connectivity index (χ0v) is 9.14. The van der Waals surface area contributed by atoms with Gasteiger partial charge in [0.1, 0.15) is 5.75 Å². The molecule has 0 atom stereocenters. The Bertz CT molecular complexity index is 569. The number of carbonyl (C=O) groups is 1. The van der Waals surface area contributed by atoms with Crippen molar-refractivity contribution in [3.8, 4) is 5.75 Å². The predicted molar refractivity (Wildman–Crippen MR) is 55.4 cm³/mol. The van der Waals surface area contributed by atoms with Gasteiger partial charge < -0.3 is 9.15 Å². The van der Waals surface area contributed by atoms with Crippen LogP contribution in [0.25, 0.3) is 0 Å². The number of benzene rings is 1. The van der Waals surface area contributed by atoms with E-state index in [4.69, 9.17) is 0 Å². The van der Waals surface area contributed by atoms with Crippen molar-refractivity contribution in [2.24, 2.45) is 0 Å². The van der Waals surface area contributed by atoms with E-state index in [0.29, 0.717) is 0 Å². The highest BCUT2D eigenvalue weighted by Crippen LogP contribution is 2.23. The van der Waals surface area contributed by atoms with Crippen molar-refractivity contribution in [1.82, 2.24) is 10.2 Å². The first-order chi connectivity index (χ1) is 8.94. The maximum atomic E-state index is 12.0. The van der Waals surface area contributed by atoms with Crippen LogP contribution in [0.2, 0.25) is 0 Å². The third kappa shape index (κ3) is 3.69. The lowest BCUT2D eigenvalue weighted by Gasteiger charge is -2.09. The van der Waals surface area contributed by atoms with Crippen LogP contribution in [-0.2, 0) is 0 Å². The minimum atomic E-state index is -4.82. The number of hydrogen-bond acceptors (Lipinski definition) is 5. The van der Waals surface area contributed by atoms with Crippen molar-refractivity contribution in [2.75, 3.05) is 5.32 Å².